The Balaban J connectivity index is 1.52. The number of para-hydroxylation sites is 1. The van der Waals surface area contributed by atoms with Gasteiger partial charge >= 0.3 is 0 Å². The summed E-state index contributed by atoms with van der Waals surface area (Å²) in [7, 11) is 1.57. The highest BCUT2D eigenvalue weighted by molar-refractivity contribution is 5.92. The van der Waals surface area contributed by atoms with E-state index in [0.717, 1.165) is 11.0 Å². The van der Waals surface area contributed by atoms with Gasteiger partial charge in [0.2, 0.25) is 11.8 Å². The number of nitrogens with one attached hydrogen (secondary N) is 2. The van der Waals surface area contributed by atoms with Crippen LogP contribution in [0.15, 0.2) is 59.0 Å². The zero-order chi connectivity index (χ0) is 21.5. The van der Waals surface area contributed by atoms with Gasteiger partial charge in [0.15, 0.2) is 0 Å². The first kappa shape index (κ1) is 21.4. The molecule has 0 aliphatic carbocycles. The summed E-state index contributed by atoms with van der Waals surface area (Å²) >= 11 is 0. The number of carbonyl (C=O) groups excluding carboxylic acids is 2. The van der Waals surface area contributed by atoms with Crippen molar-refractivity contribution < 1.29 is 18.7 Å². The SMILES string of the molecule is CCN(CC(=O)Nc1cccc(OC)c1)CC(=O)N[C@H](C)c1cc2ccccc2o1. The number of likely N-dealkylation sites (N-methyl/N-ethyl adjacent to an activating group) is 1. The number of benzene rings is 2. The molecule has 3 rings (SSSR count). The van der Waals surface area contributed by atoms with Crippen LogP contribution in [0.3, 0.4) is 0 Å². The molecule has 2 N–H and O–H groups in total. The Morgan fingerprint density at radius 2 is 1.83 bits per heavy atom. The topological polar surface area (TPSA) is 83.8 Å². The molecule has 7 heteroatoms. The third kappa shape index (κ3) is 5.61. The average molecular weight is 409 g/mol. The van der Waals surface area contributed by atoms with Crippen molar-refractivity contribution in [1.29, 1.82) is 0 Å². The predicted octanol–water partition coefficient (Wildman–Crippen LogP) is 3.58. The van der Waals surface area contributed by atoms with Crippen molar-refractivity contribution in [2.45, 2.75) is 19.9 Å². The van der Waals surface area contributed by atoms with Crippen molar-refractivity contribution in [3.63, 3.8) is 0 Å². The summed E-state index contributed by atoms with van der Waals surface area (Å²) in [4.78, 5) is 26.6. The number of carbonyl (C=O) groups is 2. The lowest BCUT2D eigenvalue weighted by molar-refractivity contribution is -0.124. The number of methoxy groups -OCH3 is 1. The van der Waals surface area contributed by atoms with Crippen molar-refractivity contribution in [3.05, 3.63) is 60.4 Å². The first-order valence-electron chi connectivity index (χ1n) is 9.92. The van der Waals surface area contributed by atoms with Gasteiger partial charge in [0.05, 0.1) is 26.2 Å². The van der Waals surface area contributed by atoms with Crippen LogP contribution in [0.25, 0.3) is 11.0 Å². The van der Waals surface area contributed by atoms with Gasteiger partial charge < -0.3 is 19.8 Å². The maximum atomic E-state index is 12.5. The second-order valence-corrected chi connectivity index (χ2v) is 7.06. The zero-order valence-corrected chi connectivity index (χ0v) is 17.5. The Hall–Kier alpha value is -3.32. The number of fused-ring (bicyclic) bond motifs is 1. The number of nitrogens with zero attached hydrogens (tertiary/aromatic N) is 1. The van der Waals surface area contributed by atoms with Gasteiger partial charge in [-0.1, -0.05) is 31.2 Å². The zero-order valence-electron chi connectivity index (χ0n) is 17.5. The van der Waals surface area contributed by atoms with E-state index in [1.807, 2.05) is 50.2 Å². The van der Waals surface area contributed by atoms with E-state index < -0.39 is 0 Å². The molecule has 0 fully saturated rings. The quantitative estimate of drug-likeness (QED) is 0.564. The van der Waals surface area contributed by atoms with E-state index in [2.05, 4.69) is 10.6 Å². The van der Waals surface area contributed by atoms with Crippen LogP contribution in [-0.4, -0.2) is 43.5 Å². The highest BCUT2D eigenvalue weighted by atomic mass is 16.5. The molecule has 0 aliphatic rings. The molecule has 0 bridgehead atoms. The number of amides is 2. The molecule has 0 radical (unpaired) electrons. The first-order chi connectivity index (χ1) is 14.5. The van der Waals surface area contributed by atoms with Crippen LogP contribution < -0.4 is 15.4 Å². The minimum absolute atomic E-state index is 0.111. The standard InChI is InChI=1S/C23H27N3O4/c1-4-26(15-23(28)25-18-9-7-10-19(13-18)29-3)14-22(27)24-16(2)21-12-17-8-5-6-11-20(17)30-21/h5-13,16H,4,14-15H2,1-3H3,(H,24,27)(H,25,28)/t16-/m1/s1. The lowest BCUT2D eigenvalue weighted by Crippen LogP contribution is -2.41. The number of hydrogen-bond donors (Lipinski definition) is 2. The second kappa shape index (κ2) is 9.93. The van der Waals surface area contributed by atoms with Crippen molar-refractivity contribution in [2.24, 2.45) is 0 Å². The number of anilines is 1. The Labute approximate surface area is 176 Å². The maximum Gasteiger partial charge on any atom is 0.238 e. The van der Waals surface area contributed by atoms with E-state index in [4.69, 9.17) is 9.15 Å². The van der Waals surface area contributed by atoms with E-state index in [1.165, 1.54) is 0 Å². The third-order valence-corrected chi connectivity index (χ3v) is 4.78. The minimum atomic E-state index is -0.269. The van der Waals surface area contributed by atoms with Crippen molar-refractivity contribution in [3.8, 4) is 5.75 Å². The van der Waals surface area contributed by atoms with Gasteiger partial charge in [-0.15, -0.1) is 0 Å². The first-order valence-corrected chi connectivity index (χ1v) is 9.92. The van der Waals surface area contributed by atoms with E-state index in [-0.39, 0.29) is 30.9 Å². The summed E-state index contributed by atoms with van der Waals surface area (Å²) in [5.74, 6) is 1.00. The Kier molecular flexibility index (Phi) is 7.08. The van der Waals surface area contributed by atoms with Gasteiger partial charge in [0, 0.05) is 17.1 Å². The maximum absolute atomic E-state index is 12.5. The summed E-state index contributed by atoms with van der Waals surface area (Å²) in [5, 5.41) is 6.76. The fraction of sp³-hybridized carbons (Fsp3) is 0.304. The van der Waals surface area contributed by atoms with Gasteiger partial charge in [-0.05, 0) is 37.7 Å². The lowest BCUT2D eigenvalue weighted by Gasteiger charge is -2.20. The van der Waals surface area contributed by atoms with Crippen LogP contribution in [-0.2, 0) is 9.59 Å². The molecule has 2 aromatic carbocycles. The van der Waals surface area contributed by atoms with Crippen LogP contribution in [0.2, 0.25) is 0 Å². The fourth-order valence-electron chi connectivity index (χ4n) is 3.16. The largest absolute Gasteiger partial charge is 0.497 e. The van der Waals surface area contributed by atoms with Crippen LogP contribution in [0.5, 0.6) is 5.75 Å². The van der Waals surface area contributed by atoms with Crippen LogP contribution in [0.1, 0.15) is 25.6 Å². The third-order valence-electron chi connectivity index (χ3n) is 4.78. The summed E-state index contributed by atoms with van der Waals surface area (Å²) in [6.07, 6.45) is 0. The normalized spacial score (nSPS) is 12.0. The van der Waals surface area contributed by atoms with Crippen LogP contribution in [0.4, 0.5) is 5.69 Å². The van der Waals surface area contributed by atoms with Crippen molar-refractivity contribution in [2.75, 3.05) is 32.1 Å². The number of rotatable bonds is 9. The second-order valence-electron chi connectivity index (χ2n) is 7.06. The number of furan rings is 1. The monoisotopic (exact) mass is 409 g/mol. The molecule has 0 saturated carbocycles. The summed E-state index contributed by atoms with van der Waals surface area (Å²) in [5.41, 5.74) is 1.44. The molecule has 7 nitrogen and oxygen atoms in total. The van der Waals surface area contributed by atoms with Crippen molar-refractivity contribution >= 4 is 28.5 Å². The Morgan fingerprint density at radius 3 is 2.57 bits per heavy atom. The molecule has 0 aliphatic heterocycles. The van der Waals surface area contributed by atoms with Gasteiger partial charge in [0.1, 0.15) is 17.1 Å². The van der Waals surface area contributed by atoms with E-state index in [9.17, 15) is 9.59 Å². The molecule has 1 atom stereocenters. The molecule has 3 aromatic rings. The molecular weight excluding hydrogens is 382 g/mol. The Bertz CT molecular complexity index is 981. The number of ether oxygens (including phenoxy) is 1. The fourth-order valence-corrected chi connectivity index (χ4v) is 3.16. The van der Waals surface area contributed by atoms with Crippen molar-refractivity contribution in [1.82, 2.24) is 10.2 Å². The number of hydrogen-bond acceptors (Lipinski definition) is 5. The molecule has 0 saturated heterocycles. The molecule has 0 spiro atoms. The molecule has 158 valence electrons. The molecule has 0 unspecified atom stereocenters. The Morgan fingerprint density at radius 1 is 1.07 bits per heavy atom. The predicted molar refractivity (Wildman–Crippen MR) is 117 cm³/mol. The summed E-state index contributed by atoms with van der Waals surface area (Å²) in [6, 6.07) is 16.5. The summed E-state index contributed by atoms with van der Waals surface area (Å²) in [6.45, 7) is 4.58. The molecular formula is C23H27N3O4. The molecule has 1 heterocycles. The van der Waals surface area contributed by atoms with Gasteiger partial charge in [-0.2, -0.15) is 0 Å². The highest BCUT2D eigenvalue weighted by Gasteiger charge is 2.17. The van der Waals surface area contributed by atoms with Gasteiger partial charge in [-0.25, -0.2) is 0 Å². The molecule has 2 amide bonds. The average Bonchev–Trinajstić information content (AvgIpc) is 3.17. The highest BCUT2D eigenvalue weighted by Crippen LogP contribution is 2.23. The summed E-state index contributed by atoms with van der Waals surface area (Å²) < 4.78 is 11.0. The lowest BCUT2D eigenvalue weighted by atomic mass is 10.2. The smallest absolute Gasteiger partial charge is 0.238 e. The minimum Gasteiger partial charge on any atom is -0.497 e. The van der Waals surface area contributed by atoms with E-state index >= 15 is 0 Å². The van der Waals surface area contributed by atoms with E-state index in [0.29, 0.717) is 23.7 Å². The van der Waals surface area contributed by atoms with Crippen LogP contribution >= 0.6 is 0 Å². The molecule has 1 aromatic heterocycles. The van der Waals surface area contributed by atoms with E-state index in [1.54, 1.807) is 30.2 Å². The van der Waals surface area contributed by atoms with Gasteiger partial charge in [-0.3, -0.25) is 14.5 Å². The van der Waals surface area contributed by atoms with Crippen LogP contribution in [0, 0.1) is 0 Å². The molecule has 30 heavy (non-hydrogen) atoms. The van der Waals surface area contributed by atoms with Gasteiger partial charge in [0.25, 0.3) is 0 Å².